The quantitative estimate of drug-likeness (QED) is 0.313. The topological polar surface area (TPSA) is 87.0 Å². The molecule has 0 aliphatic carbocycles. The monoisotopic (exact) mass is 582 g/mol. The molecule has 9 heteroatoms. The zero-order valence-electron chi connectivity index (χ0n) is 21.2. The molecule has 1 atom stereocenters. The minimum absolute atomic E-state index is 0.209. The average Bonchev–Trinajstić information content (AvgIpc) is 3.14. The van der Waals surface area contributed by atoms with E-state index in [1.165, 1.54) is 18.3 Å². The molecule has 7 nitrogen and oxygen atoms in total. The summed E-state index contributed by atoms with van der Waals surface area (Å²) in [6.07, 6.45) is 1.68. The van der Waals surface area contributed by atoms with Crippen LogP contribution in [0.25, 0.3) is 6.08 Å². The molecule has 0 unspecified atom stereocenters. The number of halogens is 1. The van der Waals surface area contributed by atoms with Crippen LogP contribution in [-0.2, 0) is 14.3 Å². The van der Waals surface area contributed by atoms with Crippen molar-refractivity contribution >= 4 is 45.3 Å². The summed E-state index contributed by atoms with van der Waals surface area (Å²) in [4.78, 5) is 43.6. The van der Waals surface area contributed by atoms with Crippen LogP contribution in [0.4, 0.5) is 0 Å². The fraction of sp³-hybridized carbons (Fsp3) is 0.286. The van der Waals surface area contributed by atoms with Crippen molar-refractivity contribution in [2.24, 2.45) is 4.99 Å². The van der Waals surface area contributed by atoms with Gasteiger partial charge in [-0.1, -0.05) is 65.4 Å². The molecule has 0 saturated heterocycles. The number of ether oxygens (including phenoxy) is 2. The largest absolute Gasteiger partial charge is 0.463 e. The zero-order valence-corrected chi connectivity index (χ0v) is 23.6. The van der Waals surface area contributed by atoms with Gasteiger partial charge in [-0.05, 0) is 55.2 Å². The highest BCUT2D eigenvalue weighted by atomic mass is 79.9. The molecular formula is C28H27BrN2O5S. The molecule has 37 heavy (non-hydrogen) atoms. The smallest absolute Gasteiger partial charge is 0.338 e. The Morgan fingerprint density at radius 3 is 2.51 bits per heavy atom. The summed E-state index contributed by atoms with van der Waals surface area (Å²) < 4.78 is 13.4. The zero-order chi connectivity index (χ0) is 26.9. The minimum Gasteiger partial charge on any atom is -0.463 e. The van der Waals surface area contributed by atoms with E-state index < -0.39 is 18.0 Å². The van der Waals surface area contributed by atoms with Crippen molar-refractivity contribution < 1.29 is 19.1 Å². The van der Waals surface area contributed by atoms with E-state index in [4.69, 9.17) is 9.47 Å². The lowest BCUT2D eigenvalue weighted by molar-refractivity contribution is -0.139. The van der Waals surface area contributed by atoms with Crippen LogP contribution in [0.3, 0.4) is 0 Å². The molecule has 0 amide bonds. The number of carbonyl (C=O) groups excluding carboxylic acids is 2. The van der Waals surface area contributed by atoms with E-state index in [2.05, 4.69) is 34.8 Å². The van der Waals surface area contributed by atoms with Gasteiger partial charge in [-0.25, -0.2) is 9.79 Å². The molecule has 1 aromatic heterocycles. The molecule has 2 heterocycles. The van der Waals surface area contributed by atoms with Crippen LogP contribution in [-0.4, -0.2) is 23.1 Å². The predicted molar refractivity (Wildman–Crippen MR) is 146 cm³/mol. The number of thiazole rings is 1. The van der Waals surface area contributed by atoms with Crippen molar-refractivity contribution in [1.29, 1.82) is 0 Å². The van der Waals surface area contributed by atoms with Gasteiger partial charge in [0.25, 0.3) is 5.56 Å². The molecule has 2 aromatic carbocycles. The molecule has 0 fully saturated rings. The highest BCUT2D eigenvalue weighted by Gasteiger charge is 2.33. The van der Waals surface area contributed by atoms with Crippen molar-refractivity contribution in [1.82, 2.24) is 4.57 Å². The maximum atomic E-state index is 13.8. The molecular weight excluding hydrogens is 556 g/mol. The molecule has 4 rings (SSSR count). The second kappa shape index (κ2) is 11.0. The normalized spacial score (nSPS) is 15.4. The summed E-state index contributed by atoms with van der Waals surface area (Å²) in [7, 11) is 0. The Kier molecular flexibility index (Phi) is 7.94. The van der Waals surface area contributed by atoms with Gasteiger partial charge in [0.05, 0.1) is 28.5 Å². The molecule has 0 radical (unpaired) electrons. The van der Waals surface area contributed by atoms with E-state index in [1.807, 2.05) is 24.3 Å². The van der Waals surface area contributed by atoms with E-state index >= 15 is 0 Å². The van der Waals surface area contributed by atoms with Crippen LogP contribution in [0.1, 0.15) is 63.3 Å². The summed E-state index contributed by atoms with van der Waals surface area (Å²) in [6, 6.07) is 12.4. The third-order valence-electron chi connectivity index (χ3n) is 5.95. The van der Waals surface area contributed by atoms with Gasteiger partial charge in [0.1, 0.15) is 5.75 Å². The summed E-state index contributed by atoms with van der Waals surface area (Å²) in [5.74, 6) is -0.279. The number of benzene rings is 2. The van der Waals surface area contributed by atoms with E-state index in [0.29, 0.717) is 37.8 Å². The second-order valence-corrected chi connectivity index (χ2v) is 10.8. The van der Waals surface area contributed by atoms with Crippen LogP contribution in [0.5, 0.6) is 5.75 Å². The van der Waals surface area contributed by atoms with Gasteiger partial charge >= 0.3 is 11.9 Å². The summed E-state index contributed by atoms with van der Waals surface area (Å²) in [5.41, 5.74) is 3.05. The van der Waals surface area contributed by atoms with Crippen molar-refractivity contribution in [2.75, 3.05) is 6.61 Å². The Morgan fingerprint density at radius 1 is 1.19 bits per heavy atom. The first-order chi connectivity index (χ1) is 17.6. The first kappa shape index (κ1) is 26.8. The predicted octanol–water partition coefficient (Wildman–Crippen LogP) is 4.61. The molecule has 0 bridgehead atoms. The number of fused-ring (bicyclic) bond motifs is 1. The van der Waals surface area contributed by atoms with Gasteiger partial charge in [-0.2, -0.15) is 0 Å². The molecule has 1 aliphatic heterocycles. The van der Waals surface area contributed by atoms with Gasteiger partial charge in [0, 0.05) is 17.0 Å². The maximum absolute atomic E-state index is 13.8. The summed E-state index contributed by atoms with van der Waals surface area (Å²) >= 11 is 4.65. The van der Waals surface area contributed by atoms with Gasteiger partial charge in [-0.15, -0.1) is 0 Å². The standard InChI is InChI=1S/C28H27BrN2O5S/c1-6-35-27(34)24-16(4)30-28-31(25(24)19-9-7-18(8-10-19)15(2)3)26(33)23(37-28)14-20-13-21(29)11-12-22(20)36-17(5)32/h7-15,25H,6H2,1-5H3/b23-14-/t25-/m0/s1. The van der Waals surface area contributed by atoms with Crippen molar-refractivity contribution in [3.8, 4) is 5.75 Å². The average molecular weight is 584 g/mol. The Bertz CT molecular complexity index is 1580. The Hall–Kier alpha value is -3.30. The van der Waals surface area contributed by atoms with Gasteiger partial charge in [0.15, 0.2) is 4.80 Å². The van der Waals surface area contributed by atoms with Crippen LogP contribution in [0, 0.1) is 0 Å². The second-order valence-electron chi connectivity index (χ2n) is 8.90. The fourth-order valence-electron chi connectivity index (χ4n) is 4.19. The number of nitrogens with zero attached hydrogens (tertiary/aromatic N) is 2. The van der Waals surface area contributed by atoms with Crippen LogP contribution in [0.15, 0.2) is 68.0 Å². The lowest BCUT2D eigenvalue weighted by Gasteiger charge is -2.25. The summed E-state index contributed by atoms with van der Waals surface area (Å²) in [5, 5.41) is 0. The van der Waals surface area contributed by atoms with Crippen LogP contribution < -0.4 is 19.6 Å². The van der Waals surface area contributed by atoms with Crippen LogP contribution >= 0.6 is 27.3 Å². The SMILES string of the molecule is CCOC(=O)C1=C(C)N=c2s/c(=C\c3cc(Br)ccc3OC(C)=O)c(=O)n2[C@H]1c1ccc(C(C)C)cc1. The van der Waals surface area contributed by atoms with Crippen LogP contribution in [0.2, 0.25) is 0 Å². The van der Waals surface area contributed by atoms with Crippen molar-refractivity contribution in [2.45, 2.75) is 46.6 Å². The minimum atomic E-state index is -0.686. The van der Waals surface area contributed by atoms with Gasteiger partial charge < -0.3 is 9.47 Å². The number of carbonyl (C=O) groups is 2. The van der Waals surface area contributed by atoms with E-state index in [0.717, 1.165) is 15.6 Å². The van der Waals surface area contributed by atoms with E-state index in [9.17, 15) is 14.4 Å². The van der Waals surface area contributed by atoms with Crippen molar-refractivity contribution in [3.63, 3.8) is 0 Å². The number of hydrogen-bond acceptors (Lipinski definition) is 7. The lowest BCUT2D eigenvalue weighted by Crippen LogP contribution is -2.40. The number of rotatable bonds is 6. The molecule has 0 N–H and O–H groups in total. The third kappa shape index (κ3) is 5.52. The number of esters is 2. The molecule has 0 spiro atoms. The first-order valence-corrected chi connectivity index (χ1v) is 13.5. The Morgan fingerprint density at radius 2 is 1.89 bits per heavy atom. The fourth-order valence-corrected chi connectivity index (χ4v) is 5.61. The first-order valence-electron chi connectivity index (χ1n) is 11.9. The van der Waals surface area contributed by atoms with E-state index in [-0.39, 0.29) is 12.2 Å². The molecule has 0 saturated carbocycles. The van der Waals surface area contributed by atoms with E-state index in [1.54, 1.807) is 42.7 Å². The van der Waals surface area contributed by atoms with Crippen molar-refractivity contribution in [3.05, 3.63) is 94.6 Å². The third-order valence-corrected chi connectivity index (χ3v) is 7.42. The molecule has 1 aliphatic rings. The number of hydrogen-bond donors (Lipinski definition) is 0. The Balaban J connectivity index is 1.94. The number of aromatic nitrogens is 1. The highest BCUT2D eigenvalue weighted by Crippen LogP contribution is 2.31. The lowest BCUT2D eigenvalue weighted by atomic mass is 9.93. The summed E-state index contributed by atoms with van der Waals surface area (Å²) in [6.45, 7) is 9.25. The Labute approximate surface area is 226 Å². The van der Waals surface area contributed by atoms with Gasteiger partial charge in [0.2, 0.25) is 0 Å². The number of allylic oxidation sites excluding steroid dienone is 1. The van der Waals surface area contributed by atoms with Gasteiger partial charge in [-0.3, -0.25) is 14.2 Å². The molecule has 3 aromatic rings. The highest BCUT2D eigenvalue weighted by molar-refractivity contribution is 9.10. The molecule has 192 valence electrons. The maximum Gasteiger partial charge on any atom is 0.338 e.